The smallest absolute Gasteiger partial charge is 0.126 e. The summed E-state index contributed by atoms with van der Waals surface area (Å²) in [7, 11) is 0. The summed E-state index contributed by atoms with van der Waals surface area (Å²) in [6, 6.07) is 0. The first kappa shape index (κ1) is 23.1. The summed E-state index contributed by atoms with van der Waals surface area (Å²) in [6.45, 7) is 8.65. The molecular formula is C10H26Cl2N4O2. The highest BCUT2D eigenvalue weighted by Gasteiger charge is 2.19. The first-order valence-corrected chi connectivity index (χ1v) is 5.49. The third kappa shape index (κ3) is 12.5. The summed E-state index contributed by atoms with van der Waals surface area (Å²) in [4.78, 5) is 0. The number of hydrogen-bond donors (Lipinski definition) is 4. The number of aliphatic hydroxyl groups excluding tert-OH is 2. The minimum atomic E-state index is -0.499. The molecule has 0 fully saturated rings. The zero-order valence-corrected chi connectivity index (χ0v) is 13.1. The summed E-state index contributed by atoms with van der Waals surface area (Å²) < 4.78 is 0. The van der Waals surface area contributed by atoms with Crippen LogP contribution in [0.4, 0.5) is 0 Å². The molecule has 0 saturated carbocycles. The summed E-state index contributed by atoms with van der Waals surface area (Å²) in [5.74, 6) is 0. The normalized spacial score (nSPS) is 12.1. The van der Waals surface area contributed by atoms with Crippen molar-refractivity contribution in [3.8, 4) is 0 Å². The van der Waals surface area contributed by atoms with Crippen molar-refractivity contribution >= 4 is 24.8 Å². The molecule has 0 aliphatic carbocycles. The van der Waals surface area contributed by atoms with Crippen LogP contribution in [0.2, 0.25) is 0 Å². The van der Waals surface area contributed by atoms with Crippen LogP contribution in [0.1, 0.15) is 27.7 Å². The van der Waals surface area contributed by atoms with Crippen molar-refractivity contribution in [2.45, 2.75) is 39.0 Å². The van der Waals surface area contributed by atoms with Gasteiger partial charge in [0.05, 0.1) is 13.2 Å². The van der Waals surface area contributed by atoms with Gasteiger partial charge in [-0.15, -0.1) is 24.8 Å². The third-order valence-corrected chi connectivity index (χ3v) is 1.89. The monoisotopic (exact) mass is 304 g/mol. The van der Waals surface area contributed by atoms with Crippen molar-refractivity contribution in [1.82, 2.24) is 10.6 Å². The Morgan fingerprint density at radius 1 is 0.778 bits per heavy atom. The molecule has 0 bridgehead atoms. The van der Waals surface area contributed by atoms with Crippen LogP contribution in [-0.2, 0) is 0 Å². The highest BCUT2D eigenvalue weighted by Crippen LogP contribution is 2.10. The highest BCUT2D eigenvalue weighted by molar-refractivity contribution is 5.85. The molecule has 0 atom stereocenters. The van der Waals surface area contributed by atoms with Gasteiger partial charge >= 0.3 is 0 Å². The Hall–Kier alpha value is 0.0200. The van der Waals surface area contributed by atoms with Crippen LogP contribution >= 0.6 is 24.8 Å². The van der Waals surface area contributed by atoms with Gasteiger partial charge in [0, 0.05) is 13.1 Å². The van der Waals surface area contributed by atoms with Gasteiger partial charge in [0.1, 0.15) is 11.3 Å². The minimum absolute atomic E-state index is 0. The van der Waals surface area contributed by atoms with Gasteiger partial charge in [-0.1, -0.05) is 0 Å². The molecule has 0 aliphatic rings. The average Bonchev–Trinajstić information content (AvgIpc) is 2.22. The molecule has 112 valence electrons. The first-order chi connectivity index (χ1) is 7.33. The number of nitrogens with zero attached hydrogens (tertiary/aromatic N) is 2. The molecule has 8 heteroatoms. The van der Waals surface area contributed by atoms with E-state index in [4.69, 9.17) is 10.2 Å². The van der Waals surface area contributed by atoms with Gasteiger partial charge in [-0.25, -0.2) is 0 Å². The lowest BCUT2D eigenvalue weighted by atomic mass is 10.2. The van der Waals surface area contributed by atoms with Crippen molar-refractivity contribution in [2.24, 2.45) is 10.2 Å². The first-order valence-electron chi connectivity index (χ1n) is 5.49. The molecule has 0 heterocycles. The molecule has 0 aromatic carbocycles. The van der Waals surface area contributed by atoms with Gasteiger partial charge in [0.2, 0.25) is 0 Å². The molecule has 0 saturated heterocycles. The largest absolute Gasteiger partial charge is 0.395 e. The van der Waals surface area contributed by atoms with Crippen LogP contribution in [0.5, 0.6) is 0 Å². The van der Waals surface area contributed by atoms with Crippen molar-refractivity contribution in [1.29, 1.82) is 0 Å². The van der Waals surface area contributed by atoms with Crippen LogP contribution < -0.4 is 10.6 Å². The maximum absolute atomic E-state index is 8.70. The number of halogens is 2. The zero-order chi connectivity index (χ0) is 12.7. The standard InChI is InChI=1S/C10H24N4O2.2ClH/c1-9(2,11-5-7-15)13-14-10(3,4)12-6-8-16;;/h11-12,15-16H,5-8H2,1-4H3;2*1H. The summed E-state index contributed by atoms with van der Waals surface area (Å²) in [6.07, 6.45) is 0. The van der Waals surface area contributed by atoms with Gasteiger partial charge in [-0.2, -0.15) is 10.2 Å². The molecule has 4 N–H and O–H groups in total. The Morgan fingerprint density at radius 3 is 1.28 bits per heavy atom. The molecule has 0 amide bonds. The predicted molar refractivity (Wildman–Crippen MR) is 77.7 cm³/mol. The van der Waals surface area contributed by atoms with E-state index < -0.39 is 11.3 Å². The van der Waals surface area contributed by atoms with E-state index in [1.807, 2.05) is 27.7 Å². The van der Waals surface area contributed by atoms with Crippen LogP contribution in [-0.4, -0.2) is 47.8 Å². The second-order valence-electron chi connectivity index (χ2n) is 4.62. The van der Waals surface area contributed by atoms with Gasteiger partial charge in [0.15, 0.2) is 0 Å². The Morgan fingerprint density at radius 2 is 1.06 bits per heavy atom. The van der Waals surface area contributed by atoms with Crippen LogP contribution in [0, 0.1) is 0 Å². The summed E-state index contributed by atoms with van der Waals surface area (Å²) in [5.41, 5.74) is -0.998. The molecule has 0 rings (SSSR count). The van der Waals surface area contributed by atoms with Crippen LogP contribution in [0.15, 0.2) is 10.2 Å². The Labute approximate surface area is 121 Å². The number of rotatable bonds is 8. The molecular weight excluding hydrogens is 279 g/mol. The second kappa shape index (κ2) is 10.9. The summed E-state index contributed by atoms with van der Waals surface area (Å²) >= 11 is 0. The Kier molecular flexibility index (Phi) is 14.0. The average molecular weight is 305 g/mol. The molecule has 0 aliphatic heterocycles. The van der Waals surface area contributed by atoms with Gasteiger partial charge in [-0.3, -0.25) is 10.6 Å². The Balaban J connectivity index is -0.00000112. The molecule has 0 aromatic heterocycles. The number of hydrogen-bond acceptors (Lipinski definition) is 6. The van der Waals surface area contributed by atoms with E-state index >= 15 is 0 Å². The van der Waals surface area contributed by atoms with Crippen LogP contribution in [0.25, 0.3) is 0 Å². The maximum Gasteiger partial charge on any atom is 0.126 e. The fraction of sp³-hybridized carbons (Fsp3) is 1.00. The SMILES string of the molecule is CC(C)(N=NC(C)(C)NCCO)NCCO.Cl.Cl. The second-order valence-corrected chi connectivity index (χ2v) is 4.62. The zero-order valence-electron chi connectivity index (χ0n) is 11.4. The number of aliphatic hydroxyl groups is 2. The molecule has 0 spiro atoms. The van der Waals surface area contributed by atoms with Crippen molar-refractivity contribution in [2.75, 3.05) is 26.3 Å². The van der Waals surface area contributed by atoms with E-state index in [0.29, 0.717) is 13.1 Å². The van der Waals surface area contributed by atoms with E-state index in [1.54, 1.807) is 0 Å². The molecule has 18 heavy (non-hydrogen) atoms. The van der Waals surface area contributed by atoms with Crippen molar-refractivity contribution in [3.63, 3.8) is 0 Å². The van der Waals surface area contributed by atoms with E-state index in [2.05, 4.69) is 20.9 Å². The van der Waals surface area contributed by atoms with Crippen molar-refractivity contribution < 1.29 is 10.2 Å². The molecule has 0 unspecified atom stereocenters. The molecule has 0 aromatic rings. The van der Waals surface area contributed by atoms with E-state index in [0.717, 1.165) is 0 Å². The Bertz CT molecular complexity index is 204. The molecule has 0 radical (unpaired) electrons. The molecule has 6 nitrogen and oxygen atoms in total. The fourth-order valence-corrected chi connectivity index (χ4v) is 1.04. The highest BCUT2D eigenvalue weighted by atomic mass is 35.5. The fourth-order valence-electron chi connectivity index (χ4n) is 1.04. The quantitative estimate of drug-likeness (QED) is 0.502. The van der Waals surface area contributed by atoms with Gasteiger partial charge in [-0.05, 0) is 27.7 Å². The van der Waals surface area contributed by atoms with E-state index in [-0.39, 0.29) is 38.0 Å². The van der Waals surface area contributed by atoms with Crippen molar-refractivity contribution in [3.05, 3.63) is 0 Å². The lowest BCUT2D eigenvalue weighted by molar-refractivity contribution is 0.249. The van der Waals surface area contributed by atoms with Gasteiger partial charge < -0.3 is 10.2 Å². The summed E-state index contributed by atoms with van der Waals surface area (Å²) in [5, 5.41) is 31.9. The minimum Gasteiger partial charge on any atom is -0.395 e. The topological polar surface area (TPSA) is 89.2 Å². The van der Waals surface area contributed by atoms with Gasteiger partial charge in [0.25, 0.3) is 0 Å². The third-order valence-electron chi connectivity index (χ3n) is 1.89. The van der Waals surface area contributed by atoms with E-state index in [9.17, 15) is 0 Å². The predicted octanol–water partition coefficient (Wildman–Crippen LogP) is 0.918. The number of azo groups is 1. The lowest BCUT2D eigenvalue weighted by Crippen LogP contribution is -2.42. The number of nitrogens with one attached hydrogen (secondary N) is 2. The van der Waals surface area contributed by atoms with Crippen LogP contribution in [0.3, 0.4) is 0 Å². The lowest BCUT2D eigenvalue weighted by Gasteiger charge is -2.24. The van der Waals surface area contributed by atoms with E-state index in [1.165, 1.54) is 0 Å². The maximum atomic E-state index is 8.70.